The number of anilines is 1. The lowest BCUT2D eigenvalue weighted by Gasteiger charge is -2.11. The van der Waals surface area contributed by atoms with Crippen LogP contribution in [0.25, 0.3) is 6.08 Å². The fraction of sp³-hybridized carbons (Fsp3) is 0.350. The Labute approximate surface area is 164 Å². The standard InChI is InChI=1S/C20H25ClN4O2/c1-5-6-12-25-19(21)17(14(2)23-25)10-11-18(26)22-16-9-7-8-15(13-16)20(27)24(3)4/h7-11,13H,5-6,12H2,1-4H3,(H,22,26)/b11-10+. The Hall–Kier alpha value is -2.60. The zero-order chi connectivity index (χ0) is 20.0. The van der Waals surface area contributed by atoms with Crippen molar-refractivity contribution in [3.63, 3.8) is 0 Å². The molecule has 0 aliphatic rings. The van der Waals surface area contributed by atoms with E-state index in [1.165, 1.54) is 11.0 Å². The molecule has 0 aliphatic carbocycles. The number of amides is 2. The van der Waals surface area contributed by atoms with E-state index >= 15 is 0 Å². The Bertz CT molecular complexity index is 856. The first kappa shape index (κ1) is 20.7. The van der Waals surface area contributed by atoms with Gasteiger partial charge in [0.2, 0.25) is 5.91 Å². The average Bonchev–Trinajstić information content (AvgIpc) is 2.90. The highest BCUT2D eigenvalue weighted by Crippen LogP contribution is 2.22. The molecule has 0 atom stereocenters. The third kappa shape index (κ3) is 5.44. The number of hydrogen-bond donors (Lipinski definition) is 1. The molecular weight excluding hydrogens is 364 g/mol. The molecule has 27 heavy (non-hydrogen) atoms. The first-order valence-corrected chi connectivity index (χ1v) is 9.25. The highest BCUT2D eigenvalue weighted by Gasteiger charge is 2.12. The molecule has 0 saturated heterocycles. The van der Waals surface area contributed by atoms with Crippen molar-refractivity contribution in [2.24, 2.45) is 0 Å². The van der Waals surface area contributed by atoms with Crippen LogP contribution in [0.4, 0.5) is 5.69 Å². The smallest absolute Gasteiger partial charge is 0.253 e. The predicted molar refractivity (Wildman–Crippen MR) is 109 cm³/mol. The summed E-state index contributed by atoms with van der Waals surface area (Å²) in [5, 5.41) is 7.71. The number of carbonyl (C=O) groups is 2. The minimum atomic E-state index is -0.304. The van der Waals surface area contributed by atoms with Crippen LogP contribution in [0.2, 0.25) is 5.15 Å². The maximum atomic E-state index is 12.2. The van der Waals surface area contributed by atoms with Crippen LogP contribution in [-0.4, -0.2) is 40.6 Å². The number of carbonyl (C=O) groups excluding carboxylic acids is 2. The average molecular weight is 389 g/mol. The van der Waals surface area contributed by atoms with E-state index in [0.29, 0.717) is 16.4 Å². The molecule has 2 rings (SSSR count). The Kier molecular flexibility index (Phi) is 7.19. The van der Waals surface area contributed by atoms with Crippen LogP contribution in [0.1, 0.15) is 41.4 Å². The number of rotatable bonds is 7. The van der Waals surface area contributed by atoms with Crippen molar-refractivity contribution in [1.29, 1.82) is 0 Å². The van der Waals surface area contributed by atoms with E-state index in [1.54, 1.807) is 49.1 Å². The van der Waals surface area contributed by atoms with E-state index in [9.17, 15) is 9.59 Å². The monoisotopic (exact) mass is 388 g/mol. The van der Waals surface area contributed by atoms with E-state index < -0.39 is 0 Å². The first-order valence-electron chi connectivity index (χ1n) is 8.87. The van der Waals surface area contributed by atoms with E-state index in [0.717, 1.165) is 30.6 Å². The maximum Gasteiger partial charge on any atom is 0.253 e. The van der Waals surface area contributed by atoms with Crippen LogP contribution in [0, 0.1) is 6.92 Å². The van der Waals surface area contributed by atoms with Crippen LogP contribution < -0.4 is 5.32 Å². The topological polar surface area (TPSA) is 67.2 Å². The van der Waals surface area contributed by atoms with Crippen LogP contribution in [0.3, 0.4) is 0 Å². The minimum absolute atomic E-state index is 0.122. The molecule has 0 bridgehead atoms. The highest BCUT2D eigenvalue weighted by molar-refractivity contribution is 6.31. The number of benzene rings is 1. The summed E-state index contributed by atoms with van der Waals surface area (Å²) in [7, 11) is 3.37. The van der Waals surface area contributed by atoms with Gasteiger partial charge >= 0.3 is 0 Å². The SMILES string of the molecule is CCCCn1nc(C)c(/C=C/C(=O)Nc2cccc(C(=O)N(C)C)c2)c1Cl. The quantitative estimate of drug-likeness (QED) is 0.729. The Morgan fingerprint density at radius 1 is 1.33 bits per heavy atom. The van der Waals surface area contributed by atoms with Crippen molar-refractivity contribution in [2.45, 2.75) is 33.2 Å². The van der Waals surface area contributed by atoms with E-state index in [-0.39, 0.29) is 11.8 Å². The number of halogens is 1. The first-order chi connectivity index (χ1) is 12.8. The molecule has 2 amide bonds. The lowest BCUT2D eigenvalue weighted by molar-refractivity contribution is -0.111. The van der Waals surface area contributed by atoms with Gasteiger partial charge in [-0.1, -0.05) is 31.0 Å². The lowest BCUT2D eigenvalue weighted by atomic mass is 10.2. The second-order valence-electron chi connectivity index (χ2n) is 6.47. The third-order valence-electron chi connectivity index (χ3n) is 4.02. The van der Waals surface area contributed by atoms with Crippen LogP contribution >= 0.6 is 11.6 Å². The molecule has 0 radical (unpaired) electrons. The van der Waals surface area contributed by atoms with Gasteiger partial charge in [-0.3, -0.25) is 14.3 Å². The van der Waals surface area contributed by atoms with Crippen molar-refractivity contribution in [3.05, 3.63) is 52.3 Å². The van der Waals surface area contributed by atoms with E-state index in [1.807, 2.05) is 6.92 Å². The summed E-state index contributed by atoms with van der Waals surface area (Å²) in [4.78, 5) is 25.7. The van der Waals surface area contributed by atoms with Gasteiger partial charge in [0.1, 0.15) is 5.15 Å². The van der Waals surface area contributed by atoms with Crippen molar-refractivity contribution in [3.8, 4) is 0 Å². The second kappa shape index (κ2) is 9.37. The number of unbranched alkanes of at least 4 members (excludes halogenated alkanes) is 1. The zero-order valence-corrected chi connectivity index (χ0v) is 16.9. The molecule has 0 aliphatic heterocycles. The van der Waals surface area contributed by atoms with Gasteiger partial charge in [0.05, 0.1) is 5.69 Å². The van der Waals surface area contributed by atoms with Crippen molar-refractivity contribution in [1.82, 2.24) is 14.7 Å². The number of hydrogen-bond acceptors (Lipinski definition) is 3. The summed E-state index contributed by atoms with van der Waals surface area (Å²) < 4.78 is 1.76. The fourth-order valence-corrected chi connectivity index (χ4v) is 2.87. The van der Waals surface area contributed by atoms with Crippen molar-refractivity contribution in [2.75, 3.05) is 19.4 Å². The second-order valence-corrected chi connectivity index (χ2v) is 6.83. The van der Waals surface area contributed by atoms with Gasteiger partial charge in [-0.05, 0) is 37.6 Å². The minimum Gasteiger partial charge on any atom is -0.345 e. The van der Waals surface area contributed by atoms with Gasteiger partial charge in [-0.2, -0.15) is 5.10 Å². The molecule has 1 heterocycles. The summed E-state index contributed by atoms with van der Waals surface area (Å²) in [6.45, 7) is 4.72. The molecule has 0 fully saturated rings. The van der Waals surface area contributed by atoms with Crippen LogP contribution in [0.15, 0.2) is 30.3 Å². The molecular formula is C20H25ClN4O2. The van der Waals surface area contributed by atoms with Crippen molar-refractivity contribution >= 4 is 35.2 Å². The maximum absolute atomic E-state index is 12.2. The number of nitrogens with one attached hydrogen (secondary N) is 1. The zero-order valence-electron chi connectivity index (χ0n) is 16.1. The largest absolute Gasteiger partial charge is 0.345 e. The van der Waals surface area contributed by atoms with Crippen molar-refractivity contribution < 1.29 is 9.59 Å². The molecule has 1 N–H and O–H groups in total. The normalized spacial score (nSPS) is 11.0. The molecule has 0 saturated carbocycles. The van der Waals surface area contributed by atoms with E-state index in [4.69, 9.17) is 11.6 Å². The molecule has 0 spiro atoms. The fourth-order valence-electron chi connectivity index (χ4n) is 2.54. The van der Waals surface area contributed by atoms with Gasteiger partial charge in [-0.15, -0.1) is 0 Å². The Morgan fingerprint density at radius 2 is 2.07 bits per heavy atom. The summed E-state index contributed by atoms with van der Waals surface area (Å²) in [5.74, 6) is -0.426. The highest BCUT2D eigenvalue weighted by atomic mass is 35.5. The predicted octanol–water partition coefficient (Wildman–Crippen LogP) is 4.00. The van der Waals surface area contributed by atoms with Crippen LogP contribution in [0.5, 0.6) is 0 Å². The summed E-state index contributed by atoms with van der Waals surface area (Å²) in [6, 6.07) is 6.82. The van der Waals surface area contributed by atoms with Gasteiger partial charge in [0.15, 0.2) is 0 Å². The molecule has 144 valence electrons. The number of aryl methyl sites for hydroxylation is 2. The van der Waals surface area contributed by atoms with Gasteiger partial charge in [0.25, 0.3) is 5.91 Å². The molecule has 2 aromatic rings. The van der Waals surface area contributed by atoms with Gasteiger partial charge < -0.3 is 10.2 Å². The van der Waals surface area contributed by atoms with Crippen LogP contribution in [-0.2, 0) is 11.3 Å². The summed E-state index contributed by atoms with van der Waals surface area (Å²) >= 11 is 6.37. The number of nitrogens with zero attached hydrogens (tertiary/aromatic N) is 3. The molecule has 1 aromatic carbocycles. The number of aromatic nitrogens is 2. The summed E-state index contributed by atoms with van der Waals surface area (Å²) in [5.41, 5.74) is 2.58. The molecule has 1 aromatic heterocycles. The third-order valence-corrected chi connectivity index (χ3v) is 4.42. The molecule has 0 unspecified atom stereocenters. The van der Waals surface area contributed by atoms with Gasteiger partial charge in [-0.25, -0.2) is 0 Å². The molecule has 7 heteroatoms. The molecule has 6 nitrogen and oxygen atoms in total. The Morgan fingerprint density at radius 3 is 2.74 bits per heavy atom. The summed E-state index contributed by atoms with van der Waals surface area (Å²) in [6.07, 6.45) is 5.13. The van der Waals surface area contributed by atoms with Gasteiger partial charge in [0, 0.05) is 43.5 Å². The lowest BCUT2D eigenvalue weighted by Crippen LogP contribution is -2.21. The Balaban J connectivity index is 2.09. The van der Waals surface area contributed by atoms with E-state index in [2.05, 4.69) is 17.3 Å².